The zero-order valence-electron chi connectivity index (χ0n) is 16.4. The summed E-state index contributed by atoms with van der Waals surface area (Å²) in [4.78, 5) is 25.3. The largest absolute Gasteiger partial charge is 0.360 e. The first kappa shape index (κ1) is 19.0. The third-order valence-electron chi connectivity index (χ3n) is 5.09. The Labute approximate surface area is 171 Å². The standard InChI is InChI=1S/C21H19ClN4O3/c1-11-9-16-17(26(4)21(28)25(16)3)10-15(11)23-20(27)18-12(2)29-24-19(18)13-7-5-6-8-14(13)22/h5-10H,1-4H3,(H,23,27). The highest BCUT2D eigenvalue weighted by Gasteiger charge is 2.24. The van der Waals surface area contributed by atoms with E-state index in [0.29, 0.717) is 33.3 Å². The molecule has 0 fully saturated rings. The van der Waals surface area contributed by atoms with Crippen molar-refractivity contribution in [2.45, 2.75) is 13.8 Å². The second-order valence-corrected chi connectivity index (χ2v) is 7.36. The van der Waals surface area contributed by atoms with E-state index in [9.17, 15) is 9.59 Å². The summed E-state index contributed by atoms with van der Waals surface area (Å²) in [6, 6.07) is 10.8. The number of imidazole rings is 1. The van der Waals surface area contributed by atoms with Crippen LogP contribution in [0.5, 0.6) is 0 Å². The van der Waals surface area contributed by atoms with Crippen LogP contribution in [0.15, 0.2) is 45.7 Å². The Hall–Kier alpha value is -3.32. The van der Waals surface area contributed by atoms with Crippen LogP contribution in [0.2, 0.25) is 5.02 Å². The van der Waals surface area contributed by atoms with Gasteiger partial charge in [-0.25, -0.2) is 4.79 Å². The van der Waals surface area contributed by atoms with E-state index in [1.165, 1.54) is 0 Å². The fourth-order valence-electron chi connectivity index (χ4n) is 3.45. The van der Waals surface area contributed by atoms with Crippen molar-refractivity contribution in [3.63, 3.8) is 0 Å². The molecule has 7 nitrogen and oxygen atoms in total. The summed E-state index contributed by atoms with van der Waals surface area (Å²) in [6.07, 6.45) is 0. The fourth-order valence-corrected chi connectivity index (χ4v) is 3.67. The number of nitrogens with zero attached hydrogens (tertiary/aromatic N) is 3. The molecule has 0 saturated carbocycles. The van der Waals surface area contributed by atoms with Gasteiger partial charge in [0.2, 0.25) is 0 Å². The molecule has 148 valence electrons. The average molecular weight is 411 g/mol. The van der Waals surface area contributed by atoms with Crippen molar-refractivity contribution in [2.75, 3.05) is 5.32 Å². The van der Waals surface area contributed by atoms with E-state index in [1.807, 2.05) is 19.1 Å². The first-order chi connectivity index (χ1) is 13.8. The van der Waals surface area contributed by atoms with Crippen LogP contribution in [-0.4, -0.2) is 20.2 Å². The molecule has 0 aliphatic heterocycles. The predicted molar refractivity (Wildman–Crippen MR) is 113 cm³/mol. The van der Waals surface area contributed by atoms with Gasteiger partial charge in [-0.15, -0.1) is 0 Å². The van der Waals surface area contributed by atoms with Crippen molar-refractivity contribution in [2.24, 2.45) is 14.1 Å². The zero-order valence-corrected chi connectivity index (χ0v) is 17.2. The number of rotatable bonds is 3. The van der Waals surface area contributed by atoms with Crippen LogP contribution in [0.4, 0.5) is 5.69 Å². The minimum atomic E-state index is -0.359. The van der Waals surface area contributed by atoms with Crippen LogP contribution in [-0.2, 0) is 14.1 Å². The van der Waals surface area contributed by atoms with Crippen LogP contribution < -0.4 is 11.0 Å². The topological polar surface area (TPSA) is 82.1 Å². The van der Waals surface area contributed by atoms with Crippen LogP contribution in [0.3, 0.4) is 0 Å². The van der Waals surface area contributed by atoms with Gasteiger partial charge >= 0.3 is 5.69 Å². The zero-order chi connectivity index (χ0) is 20.9. The SMILES string of the molecule is Cc1cc2c(cc1NC(=O)c1c(-c3ccccc3Cl)noc1C)n(C)c(=O)n2C. The number of hydrogen-bond acceptors (Lipinski definition) is 4. The summed E-state index contributed by atoms with van der Waals surface area (Å²) >= 11 is 6.28. The van der Waals surface area contributed by atoms with Gasteiger partial charge in [-0.2, -0.15) is 0 Å². The maximum atomic E-state index is 13.1. The first-order valence-electron chi connectivity index (χ1n) is 8.98. The molecule has 2 heterocycles. The minimum absolute atomic E-state index is 0.126. The van der Waals surface area contributed by atoms with Crippen molar-refractivity contribution in [1.82, 2.24) is 14.3 Å². The van der Waals surface area contributed by atoms with Crippen LogP contribution >= 0.6 is 11.6 Å². The molecule has 0 aliphatic rings. The van der Waals surface area contributed by atoms with E-state index in [-0.39, 0.29) is 11.6 Å². The van der Waals surface area contributed by atoms with Gasteiger partial charge in [-0.05, 0) is 37.6 Å². The smallest absolute Gasteiger partial charge is 0.328 e. The van der Waals surface area contributed by atoms with Crippen molar-refractivity contribution in [3.8, 4) is 11.3 Å². The molecule has 8 heteroatoms. The molecule has 0 radical (unpaired) electrons. The number of amides is 1. The molecule has 0 bridgehead atoms. The number of aromatic nitrogens is 3. The summed E-state index contributed by atoms with van der Waals surface area (Å²) in [5.74, 6) is 0.0327. The molecule has 29 heavy (non-hydrogen) atoms. The normalized spacial score (nSPS) is 11.2. The molecule has 0 aliphatic carbocycles. The summed E-state index contributed by atoms with van der Waals surface area (Å²) in [5, 5.41) is 7.44. The molecule has 1 amide bonds. The molecule has 0 spiro atoms. The monoisotopic (exact) mass is 410 g/mol. The number of anilines is 1. The number of carbonyl (C=O) groups excluding carboxylic acids is 1. The quantitative estimate of drug-likeness (QED) is 0.552. The van der Waals surface area contributed by atoms with E-state index in [0.717, 1.165) is 16.6 Å². The highest BCUT2D eigenvalue weighted by Crippen LogP contribution is 2.32. The molecule has 0 atom stereocenters. The molecular weight excluding hydrogens is 392 g/mol. The predicted octanol–water partition coefficient (Wildman–Crippen LogP) is 4.05. The summed E-state index contributed by atoms with van der Waals surface area (Å²) < 4.78 is 8.41. The minimum Gasteiger partial charge on any atom is -0.360 e. The number of nitrogens with one attached hydrogen (secondary N) is 1. The summed E-state index contributed by atoms with van der Waals surface area (Å²) in [7, 11) is 3.42. The van der Waals surface area contributed by atoms with Gasteiger partial charge in [0.25, 0.3) is 5.91 Å². The fraction of sp³-hybridized carbons (Fsp3) is 0.190. The van der Waals surface area contributed by atoms with Crippen molar-refractivity contribution < 1.29 is 9.32 Å². The molecule has 4 aromatic rings. The van der Waals surface area contributed by atoms with Crippen LogP contribution in [0.1, 0.15) is 21.7 Å². The Kier molecular flexibility index (Phi) is 4.55. The second-order valence-electron chi connectivity index (χ2n) is 6.95. The maximum absolute atomic E-state index is 13.1. The number of halogens is 1. The van der Waals surface area contributed by atoms with Gasteiger partial charge in [0.1, 0.15) is 17.0 Å². The number of hydrogen-bond donors (Lipinski definition) is 1. The Morgan fingerprint density at radius 1 is 1.10 bits per heavy atom. The summed E-state index contributed by atoms with van der Waals surface area (Å²) in [6.45, 7) is 3.56. The Bertz CT molecular complexity index is 1330. The van der Waals surface area contributed by atoms with E-state index in [1.54, 1.807) is 54.4 Å². The molecular formula is C21H19ClN4O3. The first-order valence-corrected chi connectivity index (χ1v) is 9.36. The Morgan fingerprint density at radius 2 is 1.76 bits per heavy atom. The average Bonchev–Trinajstić information content (AvgIpc) is 3.17. The molecule has 2 aromatic carbocycles. The molecule has 0 saturated heterocycles. The van der Waals surface area contributed by atoms with E-state index < -0.39 is 0 Å². The number of aryl methyl sites for hydroxylation is 4. The van der Waals surface area contributed by atoms with Crippen LogP contribution in [0, 0.1) is 13.8 Å². The molecule has 0 unspecified atom stereocenters. The van der Waals surface area contributed by atoms with Gasteiger partial charge < -0.3 is 9.84 Å². The second kappa shape index (κ2) is 6.93. The van der Waals surface area contributed by atoms with Gasteiger partial charge in [0.05, 0.1) is 16.1 Å². The lowest BCUT2D eigenvalue weighted by Gasteiger charge is -2.10. The van der Waals surface area contributed by atoms with Gasteiger partial charge in [-0.1, -0.05) is 35.0 Å². The van der Waals surface area contributed by atoms with Crippen LogP contribution in [0.25, 0.3) is 22.3 Å². The Balaban J connectivity index is 1.78. The maximum Gasteiger partial charge on any atom is 0.328 e. The van der Waals surface area contributed by atoms with Crippen molar-refractivity contribution >= 4 is 34.2 Å². The lowest BCUT2D eigenvalue weighted by Crippen LogP contribution is -2.19. The highest BCUT2D eigenvalue weighted by atomic mass is 35.5. The highest BCUT2D eigenvalue weighted by molar-refractivity contribution is 6.33. The van der Waals surface area contributed by atoms with E-state index in [2.05, 4.69) is 10.5 Å². The number of fused-ring (bicyclic) bond motifs is 1. The molecule has 1 N–H and O–H groups in total. The van der Waals surface area contributed by atoms with E-state index >= 15 is 0 Å². The third-order valence-corrected chi connectivity index (χ3v) is 5.41. The van der Waals surface area contributed by atoms with Gasteiger partial charge in [0.15, 0.2) is 0 Å². The lowest BCUT2D eigenvalue weighted by atomic mass is 10.1. The van der Waals surface area contributed by atoms with Gasteiger partial charge in [0, 0.05) is 25.3 Å². The summed E-state index contributed by atoms with van der Waals surface area (Å²) in [5.41, 5.74) is 4.16. The Morgan fingerprint density at radius 3 is 2.45 bits per heavy atom. The van der Waals surface area contributed by atoms with Crippen molar-refractivity contribution in [1.29, 1.82) is 0 Å². The molecule has 4 rings (SSSR count). The van der Waals surface area contributed by atoms with E-state index in [4.69, 9.17) is 16.1 Å². The third kappa shape index (κ3) is 3.03. The van der Waals surface area contributed by atoms with Crippen molar-refractivity contribution in [3.05, 3.63) is 68.8 Å². The number of carbonyl (C=O) groups is 1. The lowest BCUT2D eigenvalue weighted by molar-refractivity contribution is 0.102. The number of benzene rings is 2. The molecule has 2 aromatic heterocycles. The van der Waals surface area contributed by atoms with Gasteiger partial charge in [-0.3, -0.25) is 13.9 Å².